The van der Waals surface area contributed by atoms with Crippen LogP contribution in [0.25, 0.3) is 11.1 Å². The minimum absolute atomic E-state index is 0.104. The first-order chi connectivity index (χ1) is 18.3. The van der Waals surface area contributed by atoms with Gasteiger partial charge in [0.15, 0.2) is 11.5 Å². The Labute approximate surface area is 225 Å². The van der Waals surface area contributed by atoms with Crippen LogP contribution in [0.3, 0.4) is 0 Å². The molecule has 0 unspecified atom stereocenters. The molecule has 2 amide bonds. The second kappa shape index (κ2) is 11.6. The van der Waals surface area contributed by atoms with Crippen molar-refractivity contribution in [3.63, 3.8) is 0 Å². The molecule has 0 spiro atoms. The van der Waals surface area contributed by atoms with Crippen LogP contribution in [0, 0.1) is 0 Å². The van der Waals surface area contributed by atoms with Gasteiger partial charge in [-0.15, -0.1) is 11.6 Å². The van der Waals surface area contributed by atoms with Crippen molar-refractivity contribution < 1.29 is 23.8 Å². The maximum atomic E-state index is 13.4. The van der Waals surface area contributed by atoms with Gasteiger partial charge in [0.1, 0.15) is 0 Å². The van der Waals surface area contributed by atoms with E-state index in [0.29, 0.717) is 52.7 Å². The highest BCUT2D eigenvalue weighted by molar-refractivity contribution is 6.17. The van der Waals surface area contributed by atoms with Crippen molar-refractivity contribution in [2.45, 2.75) is 31.7 Å². The molecule has 38 heavy (non-hydrogen) atoms. The number of nitrogens with one attached hydrogen (secondary N) is 2. The summed E-state index contributed by atoms with van der Waals surface area (Å²) in [6.45, 7) is 1.44. The Morgan fingerprint density at radius 3 is 2.29 bits per heavy atom. The molecule has 3 aromatic rings. The Hall–Kier alpha value is -4.04. The van der Waals surface area contributed by atoms with E-state index in [1.54, 1.807) is 43.5 Å². The van der Waals surface area contributed by atoms with E-state index in [9.17, 15) is 14.4 Å². The molecule has 0 saturated carbocycles. The maximum absolute atomic E-state index is 13.4. The quantitative estimate of drug-likeness (QED) is 0.418. The molecule has 2 N–H and O–H groups in total. The minimum atomic E-state index is -0.441. The number of halogens is 1. The summed E-state index contributed by atoms with van der Waals surface area (Å²) in [7, 11) is 4.62. The number of amides is 2. The SMILES string of the molecule is COc1cc2c(c(OC)c1OC)-c1ccc(NC(=O)c3ccc(CCl)cc3)c(=O)cc1[C@@H](NC(C)=O)CC2. The van der Waals surface area contributed by atoms with E-state index >= 15 is 0 Å². The molecule has 9 heteroatoms. The maximum Gasteiger partial charge on any atom is 0.255 e. The molecule has 0 aromatic heterocycles. The van der Waals surface area contributed by atoms with Gasteiger partial charge >= 0.3 is 0 Å². The molecule has 8 nitrogen and oxygen atoms in total. The van der Waals surface area contributed by atoms with Crippen LogP contribution in [0.1, 0.15) is 46.4 Å². The van der Waals surface area contributed by atoms with Gasteiger partial charge in [-0.25, -0.2) is 0 Å². The third-order valence-corrected chi connectivity index (χ3v) is 6.84. The zero-order chi connectivity index (χ0) is 27.4. The lowest BCUT2D eigenvalue weighted by Gasteiger charge is -2.19. The van der Waals surface area contributed by atoms with Gasteiger partial charge in [0, 0.05) is 23.9 Å². The molecule has 4 rings (SSSR count). The number of carbonyl (C=O) groups is 2. The van der Waals surface area contributed by atoms with Crippen molar-refractivity contribution in [2.75, 3.05) is 26.6 Å². The zero-order valence-corrected chi connectivity index (χ0v) is 22.4. The van der Waals surface area contributed by atoms with Crippen molar-refractivity contribution in [1.82, 2.24) is 5.32 Å². The fourth-order valence-corrected chi connectivity index (χ4v) is 4.93. The van der Waals surface area contributed by atoms with E-state index in [-0.39, 0.29) is 11.6 Å². The Morgan fingerprint density at radius 1 is 0.974 bits per heavy atom. The number of aryl methyl sites for hydroxylation is 1. The average Bonchev–Trinajstić information content (AvgIpc) is 3.16. The van der Waals surface area contributed by atoms with E-state index in [0.717, 1.165) is 16.7 Å². The third kappa shape index (κ3) is 5.31. The number of carbonyl (C=O) groups excluding carboxylic acids is 2. The largest absolute Gasteiger partial charge is 0.493 e. The average molecular weight is 537 g/mol. The van der Waals surface area contributed by atoms with Gasteiger partial charge in [-0.2, -0.15) is 0 Å². The molecule has 198 valence electrons. The van der Waals surface area contributed by atoms with Crippen molar-refractivity contribution >= 4 is 29.1 Å². The highest BCUT2D eigenvalue weighted by atomic mass is 35.5. The molecule has 3 aromatic carbocycles. The second-order valence-corrected chi connectivity index (χ2v) is 9.15. The topological polar surface area (TPSA) is 103 Å². The monoisotopic (exact) mass is 536 g/mol. The first-order valence-corrected chi connectivity index (χ1v) is 12.6. The van der Waals surface area contributed by atoms with Crippen molar-refractivity contribution in [2.24, 2.45) is 0 Å². The van der Waals surface area contributed by atoms with Crippen molar-refractivity contribution in [3.8, 4) is 28.4 Å². The summed E-state index contributed by atoms with van der Waals surface area (Å²) in [5.74, 6) is 1.08. The molecular formula is C29H29ClN2O6. The molecule has 1 aliphatic rings. The van der Waals surface area contributed by atoms with E-state index in [2.05, 4.69) is 10.6 Å². The standard InChI is InChI=1S/C29H29ClN2O6/c1-16(33)31-22-11-9-19-13-25(36-2)27(37-3)28(38-4)26(19)20-10-12-23(24(34)14-21(20)22)32-29(35)18-7-5-17(15-30)6-8-18/h5-8,10,12-14,22H,9,11,15H2,1-4H3,(H,31,33)(H,32,34,35)/t22-/m0/s1. The Bertz CT molecular complexity index is 1440. The summed E-state index contributed by atoms with van der Waals surface area (Å²) in [6, 6.07) is 13.1. The summed E-state index contributed by atoms with van der Waals surface area (Å²) in [4.78, 5) is 38.4. The van der Waals surface area contributed by atoms with Gasteiger partial charge in [0.05, 0.1) is 33.1 Å². The number of alkyl halides is 1. The van der Waals surface area contributed by atoms with Gasteiger partial charge in [-0.05, 0) is 65.4 Å². The molecule has 0 heterocycles. The molecule has 0 aliphatic heterocycles. The normalized spacial score (nSPS) is 13.9. The van der Waals surface area contributed by atoms with Crippen molar-refractivity contribution in [3.05, 3.63) is 81.0 Å². The summed E-state index contributed by atoms with van der Waals surface area (Å²) in [5.41, 5.74) is 3.93. The molecule has 1 atom stereocenters. The molecule has 0 saturated heterocycles. The minimum Gasteiger partial charge on any atom is -0.493 e. The van der Waals surface area contributed by atoms with E-state index < -0.39 is 17.4 Å². The Balaban J connectivity index is 1.89. The van der Waals surface area contributed by atoms with Crippen LogP contribution in [0.2, 0.25) is 0 Å². The van der Waals surface area contributed by atoms with Crippen LogP contribution < -0.4 is 30.3 Å². The lowest BCUT2D eigenvalue weighted by atomic mass is 9.95. The second-order valence-electron chi connectivity index (χ2n) is 8.88. The van der Waals surface area contributed by atoms with E-state index in [1.807, 2.05) is 6.07 Å². The molecule has 0 bridgehead atoms. The molecule has 1 aliphatic carbocycles. The number of methoxy groups -OCH3 is 3. The number of anilines is 1. The van der Waals surface area contributed by atoms with Crippen LogP contribution in [0.4, 0.5) is 5.69 Å². The van der Waals surface area contributed by atoms with Gasteiger partial charge in [0.2, 0.25) is 17.1 Å². The van der Waals surface area contributed by atoms with Gasteiger partial charge < -0.3 is 24.8 Å². The van der Waals surface area contributed by atoms with Crippen LogP contribution in [-0.2, 0) is 17.1 Å². The summed E-state index contributed by atoms with van der Waals surface area (Å²) in [6.07, 6.45) is 1.13. The number of hydrogen-bond acceptors (Lipinski definition) is 6. The van der Waals surface area contributed by atoms with Crippen LogP contribution in [0.5, 0.6) is 17.2 Å². The fourth-order valence-electron chi connectivity index (χ4n) is 4.75. The number of benzene rings is 2. The van der Waals surface area contributed by atoms with Crippen LogP contribution >= 0.6 is 11.6 Å². The summed E-state index contributed by atoms with van der Waals surface area (Å²) in [5, 5.41) is 5.69. The van der Waals surface area contributed by atoms with Gasteiger partial charge in [-0.1, -0.05) is 18.2 Å². The van der Waals surface area contributed by atoms with Gasteiger partial charge in [-0.3, -0.25) is 14.4 Å². The Morgan fingerprint density at radius 2 is 1.68 bits per heavy atom. The zero-order valence-electron chi connectivity index (χ0n) is 21.6. The summed E-state index contributed by atoms with van der Waals surface area (Å²) >= 11 is 5.84. The lowest BCUT2D eigenvalue weighted by molar-refractivity contribution is -0.119. The fraction of sp³-hybridized carbons (Fsp3) is 0.276. The van der Waals surface area contributed by atoms with E-state index in [1.165, 1.54) is 27.2 Å². The highest BCUT2D eigenvalue weighted by Gasteiger charge is 2.29. The number of ether oxygens (including phenoxy) is 3. The Kier molecular flexibility index (Phi) is 8.22. The molecular weight excluding hydrogens is 508 g/mol. The van der Waals surface area contributed by atoms with Gasteiger partial charge in [0.25, 0.3) is 5.91 Å². The first-order valence-electron chi connectivity index (χ1n) is 12.0. The number of rotatable bonds is 7. The summed E-state index contributed by atoms with van der Waals surface area (Å²) < 4.78 is 16.9. The van der Waals surface area contributed by atoms with Crippen molar-refractivity contribution in [1.29, 1.82) is 0 Å². The lowest BCUT2D eigenvalue weighted by Crippen LogP contribution is -2.26. The van der Waals surface area contributed by atoms with Crippen LogP contribution in [0.15, 0.2) is 53.3 Å². The smallest absolute Gasteiger partial charge is 0.255 e. The predicted octanol–water partition coefficient (Wildman–Crippen LogP) is 4.85. The predicted molar refractivity (Wildman–Crippen MR) is 147 cm³/mol. The van der Waals surface area contributed by atoms with E-state index in [4.69, 9.17) is 25.8 Å². The first kappa shape index (κ1) is 27.0. The molecule has 0 fully saturated rings. The molecule has 0 radical (unpaired) electrons. The van der Waals surface area contributed by atoms with Crippen LogP contribution in [-0.4, -0.2) is 33.1 Å². The number of fused-ring (bicyclic) bond motifs is 3. The highest BCUT2D eigenvalue weighted by Crippen LogP contribution is 2.50. The third-order valence-electron chi connectivity index (χ3n) is 6.53. The number of hydrogen-bond donors (Lipinski definition) is 2.